The van der Waals surface area contributed by atoms with Gasteiger partial charge in [-0.1, -0.05) is 26.0 Å². The molecule has 0 saturated carbocycles. The zero-order valence-electron chi connectivity index (χ0n) is 13.6. The van der Waals surface area contributed by atoms with Crippen LogP contribution in [0.25, 0.3) is 0 Å². The highest BCUT2D eigenvalue weighted by atomic mass is 16.5. The van der Waals surface area contributed by atoms with E-state index in [4.69, 9.17) is 9.47 Å². The third-order valence-electron chi connectivity index (χ3n) is 5.02. The number of methoxy groups -OCH3 is 1. The van der Waals surface area contributed by atoms with Crippen LogP contribution in [0.3, 0.4) is 0 Å². The van der Waals surface area contributed by atoms with E-state index in [1.165, 1.54) is 5.56 Å². The molecule has 2 heterocycles. The third-order valence-corrected chi connectivity index (χ3v) is 5.02. The molecule has 4 heteroatoms. The van der Waals surface area contributed by atoms with Crippen LogP contribution >= 0.6 is 0 Å². The number of amides is 1. The second-order valence-corrected chi connectivity index (χ2v) is 7.05. The van der Waals surface area contributed by atoms with Crippen LogP contribution < -0.4 is 10.1 Å². The number of hydrogen-bond acceptors (Lipinski definition) is 3. The van der Waals surface area contributed by atoms with E-state index in [1.807, 2.05) is 12.1 Å². The fourth-order valence-electron chi connectivity index (χ4n) is 3.50. The van der Waals surface area contributed by atoms with Crippen LogP contribution in [0, 0.1) is 5.92 Å². The molecule has 1 N–H and O–H groups in total. The van der Waals surface area contributed by atoms with Gasteiger partial charge in [-0.2, -0.15) is 0 Å². The summed E-state index contributed by atoms with van der Waals surface area (Å²) in [6.07, 6.45) is 3.50. The number of rotatable bonds is 5. The quantitative estimate of drug-likeness (QED) is 0.909. The SMILES string of the molecule is COc1ccc(C(C)(C)CNC(=O)[C@H]2C[C@H]3CC[C@H]2O3)cc1. The van der Waals surface area contributed by atoms with Crippen molar-refractivity contribution < 1.29 is 14.3 Å². The summed E-state index contributed by atoms with van der Waals surface area (Å²) < 4.78 is 11.0. The van der Waals surface area contributed by atoms with Gasteiger partial charge in [-0.05, 0) is 37.0 Å². The molecule has 2 fully saturated rings. The highest BCUT2D eigenvalue weighted by molar-refractivity contribution is 5.80. The zero-order chi connectivity index (χ0) is 15.7. The van der Waals surface area contributed by atoms with Crippen LogP contribution in [-0.4, -0.2) is 31.8 Å². The normalized spacial score (nSPS) is 27.0. The van der Waals surface area contributed by atoms with E-state index in [9.17, 15) is 4.79 Å². The third kappa shape index (κ3) is 2.98. The maximum Gasteiger partial charge on any atom is 0.225 e. The Labute approximate surface area is 132 Å². The van der Waals surface area contributed by atoms with Crippen molar-refractivity contribution in [3.8, 4) is 5.75 Å². The van der Waals surface area contributed by atoms with Crippen molar-refractivity contribution in [1.29, 1.82) is 0 Å². The Morgan fingerprint density at radius 3 is 2.59 bits per heavy atom. The lowest BCUT2D eigenvalue weighted by Crippen LogP contribution is -2.42. The van der Waals surface area contributed by atoms with Gasteiger partial charge in [0.15, 0.2) is 0 Å². The largest absolute Gasteiger partial charge is 0.497 e. The summed E-state index contributed by atoms with van der Waals surface area (Å²) >= 11 is 0. The average Bonchev–Trinajstić information content (AvgIpc) is 3.16. The van der Waals surface area contributed by atoms with Gasteiger partial charge in [0.25, 0.3) is 0 Å². The first-order valence-corrected chi connectivity index (χ1v) is 8.07. The minimum absolute atomic E-state index is 0.0467. The minimum atomic E-state index is -0.111. The van der Waals surface area contributed by atoms with Crippen molar-refractivity contribution in [3.63, 3.8) is 0 Å². The molecule has 2 saturated heterocycles. The van der Waals surface area contributed by atoms with Crippen molar-refractivity contribution in [2.75, 3.05) is 13.7 Å². The lowest BCUT2D eigenvalue weighted by molar-refractivity contribution is -0.126. The van der Waals surface area contributed by atoms with E-state index in [0.29, 0.717) is 12.6 Å². The summed E-state index contributed by atoms with van der Waals surface area (Å²) in [4.78, 5) is 12.4. The smallest absolute Gasteiger partial charge is 0.225 e. The molecule has 22 heavy (non-hydrogen) atoms. The Kier molecular flexibility index (Phi) is 4.13. The summed E-state index contributed by atoms with van der Waals surface area (Å²) in [5.41, 5.74) is 1.08. The highest BCUT2D eigenvalue weighted by Crippen LogP contribution is 2.38. The fourth-order valence-corrected chi connectivity index (χ4v) is 3.50. The molecule has 2 aliphatic rings. The number of hydrogen-bond donors (Lipinski definition) is 1. The van der Waals surface area contributed by atoms with E-state index >= 15 is 0 Å². The lowest BCUT2D eigenvalue weighted by atomic mass is 9.83. The van der Waals surface area contributed by atoms with Crippen molar-refractivity contribution in [2.45, 2.75) is 50.7 Å². The standard InChI is InChI=1S/C18H25NO3/c1-18(2,12-4-6-13(21-3)7-5-12)11-19-17(20)15-10-14-8-9-16(15)22-14/h4-7,14-16H,8-11H2,1-3H3,(H,19,20)/t14-,15+,16-/m1/s1. The number of carbonyl (C=O) groups excluding carboxylic acids is 1. The molecule has 4 nitrogen and oxygen atoms in total. The van der Waals surface area contributed by atoms with Gasteiger partial charge < -0.3 is 14.8 Å². The first-order chi connectivity index (χ1) is 10.5. The number of fused-ring (bicyclic) bond motifs is 2. The predicted molar refractivity (Wildman–Crippen MR) is 85.0 cm³/mol. The van der Waals surface area contributed by atoms with Crippen LogP contribution in [-0.2, 0) is 14.9 Å². The van der Waals surface area contributed by atoms with Crippen molar-refractivity contribution in [1.82, 2.24) is 5.32 Å². The topological polar surface area (TPSA) is 47.6 Å². The maximum absolute atomic E-state index is 12.4. The first-order valence-electron chi connectivity index (χ1n) is 8.07. The molecule has 0 radical (unpaired) electrons. The zero-order valence-corrected chi connectivity index (χ0v) is 13.6. The molecule has 1 aromatic rings. The van der Waals surface area contributed by atoms with Gasteiger partial charge in [0.05, 0.1) is 25.2 Å². The molecule has 0 aromatic heterocycles. The van der Waals surface area contributed by atoms with Crippen LogP contribution in [0.15, 0.2) is 24.3 Å². The van der Waals surface area contributed by atoms with Crippen molar-refractivity contribution in [2.24, 2.45) is 5.92 Å². The maximum atomic E-state index is 12.4. The van der Waals surface area contributed by atoms with Crippen LogP contribution in [0.2, 0.25) is 0 Å². The second-order valence-electron chi connectivity index (χ2n) is 7.05. The van der Waals surface area contributed by atoms with E-state index in [2.05, 4.69) is 31.3 Å². The Morgan fingerprint density at radius 2 is 2.05 bits per heavy atom. The average molecular weight is 303 g/mol. The molecule has 0 unspecified atom stereocenters. The van der Waals surface area contributed by atoms with Gasteiger partial charge in [-0.25, -0.2) is 0 Å². The molecule has 1 aromatic carbocycles. The monoisotopic (exact) mass is 303 g/mol. The van der Waals surface area contributed by atoms with Gasteiger partial charge in [0.2, 0.25) is 5.91 Å². The summed E-state index contributed by atoms with van der Waals surface area (Å²) in [5.74, 6) is 1.04. The van der Waals surface area contributed by atoms with Crippen LogP contribution in [0.1, 0.15) is 38.7 Å². The molecule has 1 amide bonds. The highest BCUT2D eigenvalue weighted by Gasteiger charge is 2.44. The van der Waals surface area contributed by atoms with E-state index in [1.54, 1.807) is 7.11 Å². The van der Waals surface area contributed by atoms with Gasteiger partial charge in [0, 0.05) is 12.0 Å². The van der Waals surface area contributed by atoms with Gasteiger partial charge in [-0.3, -0.25) is 4.79 Å². The molecule has 3 rings (SSSR count). The Morgan fingerprint density at radius 1 is 1.32 bits per heavy atom. The van der Waals surface area contributed by atoms with E-state index < -0.39 is 0 Å². The molecular formula is C18H25NO3. The second kappa shape index (κ2) is 5.92. The minimum Gasteiger partial charge on any atom is -0.497 e. The number of carbonyl (C=O) groups is 1. The summed E-state index contributed by atoms with van der Waals surface area (Å²) in [6, 6.07) is 8.04. The Balaban J connectivity index is 1.58. The Hall–Kier alpha value is -1.55. The molecule has 0 spiro atoms. The van der Waals surface area contributed by atoms with Gasteiger partial charge >= 0.3 is 0 Å². The van der Waals surface area contributed by atoms with E-state index in [-0.39, 0.29) is 23.3 Å². The number of nitrogens with one attached hydrogen (secondary N) is 1. The van der Waals surface area contributed by atoms with Crippen molar-refractivity contribution in [3.05, 3.63) is 29.8 Å². The number of benzene rings is 1. The molecule has 2 aliphatic heterocycles. The first kappa shape index (κ1) is 15.3. The van der Waals surface area contributed by atoms with Crippen molar-refractivity contribution >= 4 is 5.91 Å². The number of ether oxygens (including phenoxy) is 2. The summed E-state index contributed by atoms with van der Waals surface area (Å²) in [5, 5.41) is 3.13. The molecule has 2 bridgehead atoms. The molecular weight excluding hydrogens is 278 g/mol. The summed E-state index contributed by atoms with van der Waals surface area (Å²) in [6.45, 7) is 4.92. The van der Waals surface area contributed by atoms with E-state index in [0.717, 1.165) is 25.0 Å². The fraction of sp³-hybridized carbons (Fsp3) is 0.611. The molecule has 0 aliphatic carbocycles. The van der Waals surface area contributed by atoms with Gasteiger partial charge in [-0.15, -0.1) is 0 Å². The Bertz CT molecular complexity index is 538. The van der Waals surface area contributed by atoms with Crippen LogP contribution in [0.4, 0.5) is 0 Å². The van der Waals surface area contributed by atoms with Crippen LogP contribution in [0.5, 0.6) is 5.75 Å². The predicted octanol–water partition coefficient (Wildman–Crippen LogP) is 2.66. The van der Waals surface area contributed by atoms with Gasteiger partial charge in [0.1, 0.15) is 5.75 Å². The summed E-state index contributed by atoms with van der Waals surface area (Å²) in [7, 11) is 1.66. The molecule has 3 atom stereocenters. The molecule has 120 valence electrons. The lowest BCUT2D eigenvalue weighted by Gasteiger charge is -2.27.